The minimum Gasteiger partial charge on any atom is -0.351 e. The Morgan fingerprint density at radius 3 is 2.48 bits per heavy atom. The third-order valence-corrected chi connectivity index (χ3v) is 6.99. The van der Waals surface area contributed by atoms with Gasteiger partial charge in [0.25, 0.3) is 5.91 Å². The Morgan fingerprint density at radius 1 is 1.03 bits per heavy atom. The molecule has 2 aliphatic heterocycles. The number of nitrogens with one attached hydrogen (secondary N) is 1. The molecule has 0 aliphatic carbocycles. The number of amides is 2. The van der Waals surface area contributed by atoms with Gasteiger partial charge in [0, 0.05) is 41.0 Å². The first kappa shape index (κ1) is 20.1. The molecule has 2 amide bonds. The Kier molecular flexibility index (Phi) is 6.31. The van der Waals surface area contributed by atoms with E-state index in [1.54, 1.807) is 0 Å². The lowest BCUT2D eigenvalue weighted by Crippen LogP contribution is -2.36. The van der Waals surface area contributed by atoms with Gasteiger partial charge in [-0.1, -0.05) is 12.1 Å². The number of thiophene rings is 1. The summed E-state index contributed by atoms with van der Waals surface area (Å²) in [5.41, 5.74) is 1.75. The van der Waals surface area contributed by atoms with E-state index in [-0.39, 0.29) is 11.8 Å². The Balaban J connectivity index is 1.27. The van der Waals surface area contributed by atoms with Crippen molar-refractivity contribution in [3.8, 4) is 0 Å². The van der Waals surface area contributed by atoms with Gasteiger partial charge in [-0.2, -0.15) is 0 Å². The first-order chi connectivity index (χ1) is 14.1. The average Bonchev–Trinajstić information content (AvgIpc) is 3.48. The van der Waals surface area contributed by atoms with Crippen molar-refractivity contribution >= 4 is 23.2 Å². The minimum atomic E-state index is 0.0578. The third-order valence-electron chi connectivity index (χ3n) is 5.88. The largest absolute Gasteiger partial charge is 0.351 e. The second-order valence-electron chi connectivity index (χ2n) is 8.05. The van der Waals surface area contributed by atoms with Crippen molar-refractivity contribution < 1.29 is 9.59 Å². The second-order valence-corrected chi connectivity index (χ2v) is 9.37. The Hall–Kier alpha value is -2.18. The average molecular weight is 412 g/mol. The summed E-state index contributed by atoms with van der Waals surface area (Å²) in [5, 5.41) is 3.03. The molecule has 2 saturated heterocycles. The molecule has 0 saturated carbocycles. The summed E-state index contributed by atoms with van der Waals surface area (Å²) in [4.78, 5) is 31.8. The monoisotopic (exact) mass is 411 g/mol. The molecule has 0 bridgehead atoms. The van der Waals surface area contributed by atoms with Gasteiger partial charge in [0.05, 0.1) is 6.54 Å². The second kappa shape index (κ2) is 9.09. The normalized spacial score (nSPS) is 19.6. The van der Waals surface area contributed by atoms with Crippen LogP contribution < -0.4 is 5.32 Å². The molecule has 1 aromatic heterocycles. The topological polar surface area (TPSA) is 52.7 Å². The van der Waals surface area contributed by atoms with Crippen LogP contribution in [-0.2, 0) is 11.3 Å². The summed E-state index contributed by atoms with van der Waals surface area (Å²) in [6.45, 7) is 5.76. The summed E-state index contributed by atoms with van der Waals surface area (Å²) in [7, 11) is 0. The zero-order valence-corrected chi connectivity index (χ0v) is 17.8. The molecule has 1 atom stereocenters. The van der Waals surface area contributed by atoms with E-state index in [4.69, 9.17) is 0 Å². The van der Waals surface area contributed by atoms with Crippen LogP contribution in [0.4, 0.5) is 0 Å². The molecule has 154 valence electrons. The predicted molar refractivity (Wildman–Crippen MR) is 116 cm³/mol. The van der Waals surface area contributed by atoms with Gasteiger partial charge in [-0.25, -0.2) is 0 Å². The molecule has 2 aliphatic rings. The maximum atomic E-state index is 12.5. The fourth-order valence-electron chi connectivity index (χ4n) is 4.28. The van der Waals surface area contributed by atoms with Crippen LogP contribution in [0.15, 0.2) is 36.4 Å². The van der Waals surface area contributed by atoms with Crippen LogP contribution in [0.5, 0.6) is 0 Å². The van der Waals surface area contributed by atoms with Crippen molar-refractivity contribution in [3.05, 3.63) is 57.3 Å². The zero-order chi connectivity index (χ0) is 20.2. The standard InChI is InChI=1S/C23H29N3O2S/c1-17-6-11-21(29-17)20-5-4-14-26(20)16-22(27)24-15-18-7-9-19(10-8-18)23(28)25-12-2-3-13-25/h6-11,20H,2-5,12-16H2,1H3,(H,24,27). The molecule has 0 spiro atoms. The van der Waals surface area contributed by atoms with Crippen LogP contribution in [0.25, 0.3) is 0 Å². The summed E-state index contributed by atoms with van der Waals surface area (Å²) in [6.07, 6.45) is 4.46. The first-order valence-corrected chi connectivity index (χ1v) is 11.4. The zero-order valence-electron chi connectivity index (χ0n) is 17.0. The molecule has 5 nitrogen and oxygen atoms in total. The number of likely N-dealkylation sites (tertiary alicyclic amines) is 2. The van der Waals surface area contributed by atoms with Crippen molar-refractivity contribution in [3.63, 3.8) is 0 Å². The summed E-state index contributed by atoms with van der Waals surface area (Å²) < 4.78 is 0. The highest BCUT2D eigenvalue weighted by atomic mass is 32.1. The minimum absolute atomic E-state index is 0.0578. The number of benzene rings is 1. The van der Waals surface area contributed by atoms with E-state index in [2.05, 4.69) is 29.3 Å². The molecule has 2 fully saturated rings. The lowest BCUT2D eigenvalue weighted by Gasteiger charge is -2.23. The maximum Gasteiger partial charge on any atom is 0.253 e. The number of hydrogen-bond acceptors (Lipinski definition) is 4. The van der Waals surface area contributed by atoms with Gasteiger partial charge in [-0.15, -0.1) is 11.3 Å². The molecule has 3 heterocycles. The van der Waals surface area contributed by atoms with E-state index in [0.717, 1.165) is 56.4 Å². The molecule has 29 heavy (non-hydrogen) atoms. The smallest absolute Gasteiger partial charge is 0.253 e. The van der Waals surface area contributed by atoms with Crippen molar-refractivity contribution in [2.75, 3.05) is 26.2 Å². The number of rotatable bonds is 6. The third kappa shape index (κ3) is 4.87. The lowest BCUT2D eigenvalue weighted by molar-refractivity contribution is -0.122. The van der Waals surface area contributed by atoms with Crippen molar-refractivity contribution in [1.82, 2.24) is 15.1 Å². The number of nitrogens with zero attached hydrogens (tertiary/aromatic N) is 2. The highest BCUT2D eigenvalue weighted by Gasteiger charge is 2.28. The molecule has 6 heteroatoms. The van der Waals surface area contributed by atoms with Crippen LogP contribution >= 0.6 is 11.3 Å². The van der Waals surface area contributed by atoms with Crippen molar-refractivity contribution in [1.29, 1.82) is 0 Å². The van der Waals surface area contributed by atoms with Crippen LogP contribution in [0.3, 0.4) is 0 Å². The Morgan fingerprint density at radius 2 is 1.79 bits per heavy atom. The summed E-state index contributed by atoms with van der Waals surface area (Å²) >= 11 is 1.83. The Labute approximate surface area is 176 Å². The van der Waals surface area contributed by atoms with Crippen LogP contribution in [0.1, 0.15) is 57.4 Å². The van der Waals surface area contributed by atoms with Gasteiger partial charge in [-0.3, -0.25) is 14.5 Å². The molecule has 1 aromatic carbocycles. The number of hydrogen-bond donors (Lipinski definition) is 1. The van der Waals surface area contributed by atoms with E-state index >= 15 is 0 Å². The highest BCUT2D eigenvalue weighted by molar-refractivity contribution is 7.12. The van der Waals surface area contributed by atoms with Gasteiger partial charge < -0.3 is 10.2 Å². The molecular formula is C23H29N3O2S. The molecule has 0 radical (unpaired) electrons. The van der Waals surface area contributed by atoms with E-state index in [1.807, 2.05) is 40.5 Å². The molecule has 4 rings (SSSR count). The van der Waals surface area contributed by atoms with Gasteiger partial charge >= 0.3 is 0 Å². The summed E-state index contributed by atoms with van der Waals surface area (Å²) in [5.74, 6) is 0.171. The van der Waals surface area contributed by atoms with E-state index in [1.165, 1.54) is 9.75 Å². The quantitative estimate of drug-likeness (QED) is 0.788. The van der Waals surface area contributed by atoms with E-state index < -0.39 is 0 Å². The molecule has 1 unspecified atom stereocenters. The fourth-order valence-corrected chi connectivity index (χ4v) is 5.33. The summed E-state index contributed by atoms with van der Waals surface area (Å²) in [6, 6.07) is 12.4. The van der Waals surface area contributed by atoms with Gasteiger partial charge in [-0.05, 0) is 69.0 Å². The number of carbonyl (C=O) groups excluding carboxylic acids is 2. The van der Waals surface area contributed by atoms with Crippen LogP contribution in [-0.4, -0.2) is 47.8 Å². The van der Waals surface area contributed by atoms with Gasteiger partial charge in [0.2, 0.25) is 5.91 Å². The van der Waals surface area contributed by atoms with E-state index in [9.17, 15) is 9.59 Å². The molecular weight excluding hydrogens is 382 g/mol. The highest BCUT2D eigenvalue weighted by Crippen LogP contribution is 2.35. The number of aryl methyl sites for hydroxylation is 1. The SMILES string of the molecule is Cc1ccc(C2CCCN2CC(=O)NCc2ccc(C(=O)N3CCCC3)cc2)s1. The molecule has 2 aromatic rings. The molecule has 1 N–H and O–H groups in total. The maximum absolute atomic E-state index is 12.5. The van der Waals surface area contributed by atoms with Crippen molar-refractivity contribution in [2.45, 2.75) is 45.2 Å². The predicted octanol–water partition coefficient (Wildman–Crippen LogP) is 3.75. The number of carbonyl (C=O) groups is 2. The van der Waals surface area contributed by atoms with Gasteiger partial charge in [0.15, 0.2) is 0 Å². The fraction of sp³-hybridized carbons (Fsp3) is 0.478. The van der Waals surface area contributed by atoms with Crippen LogP contribution in [0, 0.1) is 6.92 Å². The van der Waals surface area contributed by atoms with Crippen LogP contribution in [0.2, 0.25) is 0 Å². The van der Waals surface area contributed by atoms with E-state index in [0.29, 0.717) is 19.1 Å². The lowest BCUT2D eigenvalue weighted by atomic mass is 10.1. The van der Waals surface area contributed by atoms with Crippen molar-refractivity contribution in [2.24, 2.45) is 0 Å². The Bertz CT molecular complexity index is 855. The van der Waals surface area contributed by atoms with Gasteiger partial charge in [0.1, 0.15) is 0 Å². The first-order valence-electron chi connectivity index (χ1n) is 10.6.